The van der Waals surface area contributed by atoms with Gasteiger partial charge in [-0.1, -0.05) is 12.1 Å². The van der Waals surface area contributed by atoms with Gasteiger partial charge in [0.1, 0.15) is 18.0 Å². The molecule has 1 saturated heterocycles. The van der Waals surface area contributed by atoms with Crippen molar-refractivity contribution < 1.29 is 18.3 Å². The van der Waals surface area contributed by atoms with Gasteiger partial charge in [0.15, 0.2) is 0 Å². The summed E-state index contributed by atoms with van der Waals surface area (Å²) in [7, 11) is 0. The maximum absolute atomic E-state index is 12.8. The Balaban J connectivity index is 1.69. The van der Waals surface area contributed by atoms with Crippen LogP contribution in [0.15, 0.2) is 36.7 Å². The van der Waals surface area contributed by atoms with Gasteiger partial charge in [0.2, 0.25) is 0 Å². The number of rotatable bonds is 5. The molecule has 25 heavy (non-hydrogen) atoms. The first-order chi connectivity index (χ1) is 12.0. The van der Waals surface area contributed by atoms with Gasteiger partial charge in [-0.3, -0.25) is 0 Å². The van der Waals surface area contributed by atoms with Crippen molar-refractivity contribution in [2.75, 3.05) is 23.4 Å². The fourth-order valence-electron chi connectivity index (χ4n) is 2.98. The number of alkyl halides is 3. The molecule has 1 aromatic heterocycles. The Morgan fingerprint density at radius 3 is 2.84 bits per heavy atom. The molecule has 1 aliphatic heterocycles. The molecular formula is C17H19F3N4O. The Bertz CT molecular complexity index is 723. The van der Waals surface area contributed by atoms with Gasteiger partial charge in [0, 0.05) is 19.2 Å². The number of nitrogens with zero attached hydrogens (tertiary/aromatic N) is 3. The van der Waals surface area contributed by atoms with E-state index in [-0.39, 0.29) is 19.2 Å². The fourth-order valence-corrected chi connectivity index (χ4v) is 2.98. The molecule has 8 heteroatoms. The summed E-state index contributed by atoms with van der Waals surface area (Å²) >= 11 is 0. The van der Waals surface area contributed by atoms with Crippen molar-refractivity contribution in [3.05, 3.63) is 47.8 Å². The van der Waals surface area contributed by atoms with Crippen LogP contribution in [-0.2, 0) is 12.7 Å². The molecular weight excluding hydrogens is 333 g/mol. The Kier molecular flexibility index (Phi) is 5.08. The van der Waals surface area contributed by atoms with E-state index < -0.39 is 11.7 Å². The molecule has 2 aromatic rings. The normalized spacial score (nSPS) is 17.8. The van der Waals surface area contributed by atoms with Crippen LogP contribution < -0.4 is 10.2 Å². The van der Waals surface area contributed by atoms with E-state index in [2.05, 4.69) is 15.3 Å². The highest BCUT2D eigenvalue weighted by molar-refractivity contribution is 5.50. The van der Waals surface area contributed by atoms with E-state index in [1.165, 1.54) is 12.4 Å². The van der Waals surface area contributed by atoms with E-state index in [0.717, 1.165) is 31.5 Å². The highest BCUT2D eigenvalue weighted by Gasteiger charge is 2.30. The molecule has 0 amide bonds. The van der Waals surface area contributed by atoms with Gasteiger partial charge in [0.25, 0.3) is 0 Å². The van der Waals surface area contributed by atoms with Gasteiger partial charge in [-0.05, 0) is 30.5 Å². The van der Waals surface area contributed by atoms with E-state index in [9.17, 15) is 18.3 Å². The Hall–Kier alpha value is -2.35. The summed E-state index contributed by atoms with van der Waals surface area (Å²) in [4.78, 5) is 10.4. The average Bonchev–Trinajstić information content (AvgIpc) is 3.08. The third-order valence-corrected chi connectivity index (χ3v) is 4.26. The lowest BCUT2D eigenvalue weighted by atomic mass is 10.1. The van der Waals surface area contributed by atoms with Crippen molar-refractivity contribution in [2.24, 2.45) is 0 Å². The van der Waals surface area contributed by atoms with Crippen LogP contribution in [0.2, 0.25) is 0 Å². The van der Waals surface area contributed by atoms with E-state index in [0.29, 0.717) is 17.2 Å². The topological polar surface area (TPSA) is 61.3 Å². The molecule has 1 aliphatic rings. The Labute approximate surface area is 143 Å². The number of halogens is 3. The maximum atomic E-state index is 12.8. The SMILES string of the molecule is OCC1CCCN1c1cc(NCc2cccc(C(F)(F)F)c2)ncn1. The average molecular weight is 352 g/mol. The predicted octanol–water partition coefficient (Wildman–Crippen LogP) is 3.07. The number of benzene rings is 1. The van der Waals surface area contributed by atoms with E-state index in [4.69, 9.17) is 0 Å². The molecule has 2 N–H and O–H groups in total. The smallest absolute Gasteiger partial charge is 0.394 e. The lowest BCUT2D eigenvalue weighted by molar-refractivity contribution is -0.137. The van der Waals surface area contributed by atoms with Gasteiger partial charge >= 0.3 is 6.18 Å². The molecule has 0 saturated carbocycles. The second-order valence-electron chi connectivity index (χ2n) is 5.99. The summed E-state index contributed by atoms with van der Waals surface area (Å²) < 4.78 is 38.3. The van der Waals surface area contributed by atoms with Gasteiger partial charge in [-0.25, -0.2) is 9.97 Å². The molecule has 1 aromatic carbocycles. The molecule has 0 aliphatic carbocycles. The first-order valence-corrected chi connectivity index (χ1v) is 8.07. The van der Waals surface area contributed by atoms with Crippen LogP contribution >= 0.6 is 0 Å². The van der Waals surface area contributed by atoms with Crippen LogP contribution in [-0.4, -0.2) is 34.3 Å². The number of nitrogens with one attached hydrogen (secondary N) is 1. The van der Waals surface area contributed by atoms with E-state index in [1.54, 1.807) is 12.1 Å². The summed E-state index contributed by atoms with van der Waals surface area (Å²) in [6.45, 7) is 1.11. The quantitative estimate of drug-likeness (QED) is 0.866. The van der Waals surface area contributed by atoms with Crippen molar-refractivity contribution in [1.29, 1.82) is 0 Å². The van der Waals surface area contributed by atoms with Crippen LogP contribution in [0.4, 0.5) is 24.8 Å². The molecule has 0 bridgehead atoms. The summed E-state index contributed by atoms with van der Waals surface area (Å²) in [5, 5.41) is 12.4. The number of hydrogen-bond acceptors (Lipinski definition) is 5. The minimum absolute atomic E-state index is 0.0474. The second kappa shape index (κ2) is 7.26. The highest BCUT2D eigenvalue weighted by Crippen LogP contribution is 2.30. The molecule has 134 valence electrons. The molecule has 1 unspecified atom stereocenters. The van der Waals surface area contributed by atoms with Crippen LogP contribution in [0, 0.1) is 0 Å². The Morgan fingerprint density at radius 2 is 2.08 bits per heavy atom. The molecule has 0 spiro atoms. The summed E-state index contributed by atoms with van der Waals surface area (Å²) in [5.74, 6) is 1.24. The molecule has 5 nitrogen and oxygen atoms in total. The predicted molar refractivity (Wildman–Crippen MR) is 88.3 cm³/mol. The number of aliphatic hydroxyl groups excluding tert-OH is 1. The lowest BCUT2D eigenvalue weighted by Crippen LogP contribution is -2.32. The fraction of sp³-hybridized carbons (Fsp3) is 0.412. The molecule has 2 heterocycles. The second-order valence-corrected chi connectivity index (χ2v) is 5.99. The highest BCUT2D eigenvalue weighted by atomic mass is 19.4. The first-order valence-electron chi connectivity index (χ1n) is 8.07. The minimum atomic E-state index is -4.35. The van der Waals surface area contributed by atoms with Crippen LogP contribution in [0.5, 0.6) is 0 Å². The number of anilines is 2. The largest absolute Gasteiger partial charge is 0.416 e. The standard InChI is InChI=1S/C17H19F3N4O/c18-17(19,20)13-4-1-3-12(7-13)9-21-15-8-16(23-11-22-15)24-6-2-5-14(24)10-25/h1,3-4,7-8,11,14,25H,2,5-6,9-10H2,(H,21,22,23). The maximum Gasteiger partial charge on any atom is 0.416 e. The van der Waals surface area contributed by atoms with Gasteiger partial charge in [0.05, 0.1) is 18.2 Å². The summed E-state index contributed by atoms with van der Waals surface area (Å²) in [5.41, 5.74) is -0.151. The van der Waals surface area contributed by atoms with Crippen molar-refractivity contribution in [3.8, 4) is 0 Å². The zero-order valence-corrected chi connectivity index (χ0v) is 13.5. The van der Waals surface area contributed by atoms with E-state index in [1.807, 2.05) is 4.90 Å². The minimum Gasteiger partial charge on any atom is -0.394 e. The molecule has 1 atom stereocenters. The zero-order valence-electron chi connectivity index (χ0n) is 13.5. The van der Waals surface area contributed by atoms with Gasteiger partial charge in [-0.2, -0.15) is 13.2 Å². The van der Waals surface area contributed by atoms with Crippen LogP contribution in [0.3, 0.4) is 0 Å². The lowest BCUT2D eigenvalue weighted by Gasteiger charge is -2.24. The van der Waals surface area contributed by atoms with Crippen LogP contribution in [0.1, 0.15) is 24.0 Å². The van der Waals surface area contributed by atoms with E-state index >= 15 is 0 Å². The van der Waals surface area contributed by atoms with Crippen molar-refractivity contribution in [3.63, 3.8) is 0 Å². The number of aliphatic hydroxyl groups is 1. The monoisotopic (exact) mass is 352 g/mol. The first kappa shape index (κ1) is 17.5. The van der Waals surface area contributed by atoms with Crippen molar-refractivity contribution >= 4 is 11.6 Å². The van der Waals surface area contributed by atoms with Crippen LogP contribution in [0.25, 0.3) is 0 Å². The summed E-state index contributed by atoms with van der Waals surface area (Å²) in [6.07, 6.45) is -1.04. The van der Waals surface area contributed by atoms with Gasteiger partial charge < -0.3 is 15.3 Å². The number of aromatic nitrogens is 2. The zero-order chi connectivity index (χ0) is 17.9. The Morgan fingerprint density at radius 1 is 1.24 bits per heavy atom. The third kappa shape index (κ3) is 4.19. The molecule has 0 radical (unpaired) electrons. The van der Waals surface area contributed by atoms with Crippen molar-refractivity contribution in [1.82, 2.24) is 9.97 Å². The molecule has 1 fully saturated rings. The van der Waals surface area contributed by atoms with Crippen molar-refractivity contribution in [2.45, 2.75) is 31.6 Å². The number of hydrogen-bond donors (Lipinski definition) is 2. The third-order valence-electron chi connectivity index (χ3n) is 4.26. The summed E-state index contributed by atoms with van der Waals surface area (Å²) in [6, 6.07) is 6.99. The molecule has 3 rings (SSSR count). The van der Waals surface area contributed by atoms with Gasteiger partial charge in [-0.15, -0.1) is 0 Å².